The van der Waals surface area contributed by atoms with Crippen LogP contribution in [0.4, 0.5) is 0 Å². The van der Waals surface area contributed by atoms with E-state index in [2.05, 4.69) is 20.8 Å². The van der Waals surface area contributed by atoms with E-state index in [4.69, 9.17) is 9.47 Å². The van der Waals surface area contributed by atoms with Crippen molar-refractivity contribution in [1.29, 1.82) is 0 Å². The van der Waals surface area contributed by atoms with E-state index in [0.717, 1.165) is 0 Å². The van der Waals surface area contributed by atoms with E-state index in [9.17, 15) is 0 Å². The minimum atomic E-state index is 0.0307. The van der Waals surface area contributed by atoms with Crippen molar-refractivity contribution in [2.45, 2.75) is 57.0 Å². The molecule has 0 N–H and O–H groups in total. The normalized spacial score (nSPS) is 59.8. The third kappa shape index (κ3) is 0.686. The number of ether oxygens (including phenoxy) is 2. The monoisotopic (exact) mass is 168 g/mol. The summed E-state index contributed by atoms with van der Waals surface area (Å²) in [6.45, 7) is 6.61. The molecule has 4 rings (SSSR count). The first-order valence-corrected chi connectivity index (χ1v) is 4.89. The number of hydrogen-bond acceptors (Lipinski definition) is 2. The molecule has 4 unspecified atom stereocenters. The fourth-order valence-electron chi connectivity index (χ4n) is 3.20. The highest BCUT2D eigenvalue weighted by Crippen LogP contribution is 2.58. The molecule has 0 spiro atoms. The lowest BCUT2D eigenvalue weighted by Gasteiger charge is -2.51. The van der Waals surface area contributed by atoms with Crippen LogP contribution in [0.5, 0.6) is 0 Å². The van der Waals surface area contributed by atoms with Gasteiger partial charge < -0.3 is 9.47 Å². The summed E-state index contributed by atoms with van der Waals surface area (Å²) in [6.07, 6.45) is 3.41. The molecule has 2 heteroatoms. The molecule has 0 aromatic heterocycles. The number of epoxide rings is 1. The van der Waals surface area contributed by atoms with Crippen LogP contribution < -0.4 is 0 Å². The molecule has 0 radical (unpaired) electrons. The molecule has 4 aliphatic rings. The van der Waals surface area contributed by atoms with Crippen LogP contribution in [0.25, 0.3) is 0 Å². The Labute approximate surface area is 73.2 Å². The summed E-state index contributed by atoms with van der Waals surface area (Å²) in [6, 6.07) is 0. The van der Waals surface area contributed by atoms with Gasteiger partial charge in [0.15, 0.2) is 0 Å². The molecule has 3 aliphatic heterocycles. The SMILES string of the molecule is CC1(C)OC2(C)CCC1C1OC12. The second-order valence-corrected chi connectivity index (χ2v) is 5.18. The largest absolute Gasteiger partial charge is 0.366 e. The van der Waals surface area contributed by atoms with Crippen molar-refractivity contribution < 1.29 is 9.47 Å². The zero-order valence-corrected chi connectivity index (χ0v) is 7.96. The van der Waals surface area contributed by atoms with Crippen LogP contribution in [0, 0.1) is 5.92 Å². The maximum absolute atomic E-state index is 6.09. The minimum Gasteiger partial charge on any atom is -0.366 e. The van der Waals surface area contributed by atoms with Gasteiger partial charge in [-0.2, -0.15) is 0 Å². The molecule has 4 atom stereocenters. The lowest BCUT2D eigenvalue weighted by atomic mass is 9.69. The van der Waals surface area contributed by atoms with E-state index >= 15 is 0 Å². The van der Waals surface area contributed by atoms with Gasteiger partial charge in [-0.3, -0.25) is 0 Å². The quantitative estimate of drug-likeness (QED) is 0.514. The first-order valence-electron chi connectivity index (χ1n) is 4.89. The predicted molar refractivity (Wildman–Crippen MR) is 45.0 cm³/mol. The minimum absolute atomic E-state index is 0.0307. The Morgan fingerprint density at radius 3 is 2.58 bits per heavy atom. The smallest absolute Gasteiger partial charge is 0.113 e. The molecule has 2 nitrogen and oxygen atoms in total. The molecule has 2 bridgehead atoms. The van der Waals surface area contributed by atoms with E-state index in [0.29, 0.717) is 18.1 Å². The van der Waals surface area contributed by atoms with Crippen molar-refractivity contribution in [1.82, 2.24) is 0 Å². The molecular weight excluding hydrogens is 152 g/mol. The Kier molecular flexibility index (Phi) is 1.06. The molecule has 0 aromatic carbocycles. The van der Waals surface area contributed by atoms with Crippen LogP contribution in [-0.4, -0.2) is 23.4 Å². The molecule has 12 heavy (non-hydrogen) atoms. The highest BCUT2D eigenvalue weighted by atomic mass is 16.6. The van der Waals surface area contributed by atoms with Crippen LogP contribution in [-0.2, 0) is 9.47 Å². The van der Waals surface area contributed by atoms with Gasteiger partial charge in [-0.15, -0.1) is 0 Å². The summed E-state index contributed by atoms with van der Waals surface area (Å²) in [5.41, 5.74) is 0.0770. The summed E-state index contributed by atoms with van der Waals surface area (Å²) in [7, 11) is 0. The molecule has 68 valence electrons. The Morgan fingerprint density at radius 1 is 1.25 bits per heavy atom. The summed E-state index contributed by atoms with van der Waals surface area (Å²) < 4.78 is 11.8. The Morgan fingerprint density at radius 2 is 2.00 bits per heavy atom. The summed E-state index contributed by atoms with van der Waals surface area (Å²) >= 11 is 0. The topological polar surface area (TPSA) is 21.8 Å². The maximum atomic E-state index is 6.09. The van der Waals surface area contributed by atoms with Crippen molar-refractivity contribution in [2.24, 2.45) is 5.92 Å². The van der Waals surface area contributed by atoms with E-state index < -0.39 is 0 Å². The van der Waals surface area contributed by atoms with Crippen molar-refractivity contribution in [3.8, 4) is 0 Å². The average molecular weight is 168 g/mol. The third-order valence-electron chi connectivity index (χ3n) is 3.86. The zero-order valence-electron chi connectivity index (χ0n) is 7.96. The molecule has 4 fully saturated rings. The second kappa shape index (κ2) is 1.73. The van der Waals surface area contributed by atoms with Gasteiger partial charge in [0.25, 0.3) is 0 Å². The Hall–Kier alpha value is -0.0800. The van der Waals surface area contributed by atoms with Crippen molar-refractivity contribution >= 4 is 0 Å². The molecule has 1 saturated carbocycles. The van der Waals surface area contributed by atoms with Crippen molar-refractivity contribution in [2.75, 3.05) is 0 Å². The Bertz CT molecular complexity index is 236. The summed E-state index contributed by atoms with van der Waals surface area (Å²) in [5.74, 6) is 0.643. The molecule has 3 saturated heterocycles. The number of fused-ring (bicyclic) bond motifs is 2. The molecular formula is C10H16O2. The fraction of sp³-hybridized carbons (Fsp3) is 1.00. The highest BCUT2D eigenvalue weighted by Gasteiger charge is 2.68. The van der Waals surface area contributed by atoms with Crippen LogP contribution in [0.1, 0.15) is 33.6 Å². The van der Waals surface area contributed by atoms with E-state index in [1.165, 1.54) is 12.8 Å². The van der Waals surface area contributed by atoms with Gasteiger partial charge in [-0.05, 0) is 33.6 Å². The second-order valence-electron chi connectivity index (χ2n) is 5.18. The van der Waals surface area contributed by atoms with E-state index in [-0.39, 0.29) is 11.2 Å². The molecule has 0 amide bonds. The first kappa shape index (κ1) is 7.34. The summed E-state index contributed by atoms with van der Waals surface area (Å²) in [5, 5.41) is 0. The maximum Gasteiger partial charge on any atom is 0.113 e. The van der Waals surface area contributed by atoms with Gasteiger partial charge >= 0.3 is 0 Å². The van der Waals surface area contributed by atoms with Gasteiger partial charge in [0.05, 0.1) is 17.3 Å². The molecule has 3 heterocycles. The van der Waals surface area contributed by atoms with Gasteiger partial charge in [-0.1, -0.05) is 0 Å². The van der Waals surface area contributed by atoms with Crippen LogP contribution in [0.15, 0.2) is 0 Å². The van der Waals surface area contributed by atoms with Crippen LogP contribution in [0.2, 0.25) is 0 Å². The predicted octanol–water partition coefficient (Wildman–Crippen LogP) is 1.73. The first-order chi connectivity index (χ1) is 5.53. The van der Waals surface area contributed by atoms with E-state index in [1.54, 1.807) is 0 Å². The lowest BCUT2D eigenvalue weighted by Crippen LogP contribution is -2.58. The standard InChI is InChI=1S/C10H16O2/c1-9(2)6-4-5-10(3,12-9)8-7(6)11-8/h6-8H,4-5H2,1-3H3. The van der Waals surface area contributed by atoms with Crippen LogP contribution in [0.3, 0.4) is 0 Å². The van der Waals surface area contributed by atoms with Crippen molar-refractivity contribution in [3.05, 3.63) is 0 Å². The van der Waals surface area contributed by atoms with Gasteiger partial charge in [-0.25, -0.2) is 0 Å². The Balaban J connectivity index is 2.01. The highest BCUT2D eigenvalue weighted by molar-refractivity contribution is 5.15. The fourth-order valence-corrected chi connectivity index (χ4v) is 3.20. The van der Waals surface area contributed by atoms with Gasteiger partial charge in [0.1, 0.15) is 6.10 Å². The van der Waals surface area contributed by atoms with Gasteiger partial charge in [0.2, 0.25) is 0 Å². The third-order valence-corrected chi connectivity index (χ3v) is 3.86. The number of hydrogen-bond donors (Lipinski definition) is 0. The lowest BCUT2D eigenvalue weighted by molar-refractivity contribution is -0.214. The molecule has 0 aromatic rings. The van der Waals surface area contributed by atoms with Crippen molar-refractivity contribution in [3.63, 3.8) is 0 Å². The number of rotatable bonds is 0. The van der Waals surface area contributed by atoms with Gasteiger partial charge in [0, 0.05) is 5.92 Å². The van der Waals surface area contributed by atoms with E-state index in [1.807, 2.05) is 0 Å². The zero-order chi connectivity index (χ0) is 8.56. The molecule has 1 aliphatic carbocycles. The summed E-state index contributed by atoms with van der Waals surface area (Å²) in [4.78, 5) is 0. The average Bonchev–Trinajstić information content (AvgIpc) is 2.62. The van der Waals surface area contributed by atoms with Crippen LogP contribution >= 0.6 is 0 Å².